The zero-order valence-electron chi connectivity index (χ0n) is 9.56. The summed E-state index contributed by atoms with van der Waals surface area (Å²) in [5, 5.41) is 11.8. The molecule has 1 N–H and O–H groups in total. The molecule has 2 heterocycles. The van der Waals surface area contributed by atoms with Crippen molar-refractivity contribution in [1.29, 1.82) is 0 Å². The first kappa shape index (κ1) is 11.4. The molecular formula is C11H18N2O3. The highest BCUT2D eigenvalue weighted by Gasteiger charge is 2.34. The van der Waals surface area contributed by atoms with Crippen LogP contribution < -0.4 is 0 Å². The summed E-state index contributed by atoms with van der Waals surface area (Å²) in [4.78, 5) is 13.9. The summed E-state index contributed by atoms with van der Waals surface area (Å²) in [6.07, 6.45) is 2.05. The largest absolute Gasteiger partial charge is 0.411 e. The van der Waals surface area contributed by atoms with E-state index in [2.05, 4.69) is 12.1 Å². The molecule has 90 valence electrons. The summed E-state index contributed by atoms with van der Waals surface area (Å²) in [6.45, 7) is 4.03. The van der Waals surface area contributed by atoms with E-state index in [1.807, 2.05) is 4.90 Å². The maximum absolute atomic E-state index is 12.1. The van der Waals surface area contributed by atoms with Crippen molar-refractivity contribution in [2.75, 3.05) is 19.7 Å². The lowest BCUT2D eigenvalue weighted by Crippen LogP contribution is -2.45. The Kier molecular flexibility index (Phi) is 3.43. The van der Waals surface area contributed by atoms with Crippen LogP contribution in [0.2, 0.25) is 0 Å². The second kappa shape index (κ2) is 4.82. The Balaban J connectivity index is 1.91. The Bertz CT molecular complexity index is 294. The topological polar surface area (TPSA) is 62.1 Å². The van der Waals surface area contributed by atoms with Crippen molar-refractivity contribution in [3.63, 3.8) is 0 Å². The summed E-state index contributed by atoms with van der Waals surface area (Å²) in [5.74, 6) is 0.419. The molecule has 5 nitrogen and oxygen atoms in total. The number of carbonyl (C=O) groups excluding carboxylic acids is 1. The fourth-order valence-corrected chi connectivity index (χ4v) is 2.28. The smallest absolute Gasteiger partial charge is 0.251 e. The van der Waals surface area contributed by atoms with Crippen LogP contribution in [-0.2, 0) is 9.53 Å². The van der Waals surface area contributed by atoms with E-state index >= 15 is 0 Å². The molecule has 0 spiro atoms. The van der Waals surface area contributed by atoms with Gasteiger partial charge < -0.3 is 14.8 Å². The molecule has 0 aromatic heterocycles. The van der Waals surface area contributed by atoms with Crippen LogP contribution >= 0.6 is 0 Å². The predicted molar refractivity (Wildman–Crippen MR) is 58.6 cm³/mol. The van der Waals surface area contributed by atoms with E-state index in [0.717, 1.165) is 12.1 Å². The molecule has 0 aromatic rings. The van der Waals surface area contributed by atoms with E-state index in [1.165, 1.54) is 0 Å². The summed E-state index contributed by atoms with van der Waals surface area (Å²) in [5.41, 5.74) is 0.782. The number of hydrogen-bond donors (Lipinski definition) is 1. The van der Waals surface area contributed by atoms with Gasteiger partial charge in [0, 0.05) is 32.5 Å². The van der Waals surface area contributed by atoms with E-state index < -0.39 is 0 Å². The number of amides is 1. The lowest BCUT2D eigenvalue weighted by Gasteiger charge is -2.30. The maximum Gasteiger partial charge on any atom is 0.251 e. The zero-order valence-corrected chi connectivity index (χ0v) is 9.56. The van der Waals surface area contributed by atoms with Crippen LogP contribution in [0.3, 0.4) is 0 Å². The molecular weight excluding hydrogens is 208 g/mol. The molecule has 2 saturated heterocycles. The summed E-state index contributed by atoms with van der Waals surface area (Å²) in [7, 11) is 0. The lowest BCUT2D eigenvalue weighted by molar-refractivity contribution is -0.142. The summed E-state index contributed by atoms with van der Waals surface area (Å²) in [6, 6.07) is 0. The minimum absolute atomic E-state index is 0.0991. The number of likely N-dealkylation sites (tertiary alicyclic amines) is 1. The van der Waals surface area contributed by atoms with Crippen LogP contribution in [-0.4, -0.2) is 47.5 Å². The fourth-order valence-electron chi connectivity index (χ4n) is 2.28. The third-order valence-electron chi connectivity index (χ3n) is 3.42. The van der Waals surface area contributed by atoms with Crippen LogP contribution in [0.15, 0.2) is 5.16 Å². The number of carbonyl (C=O) groups is 1. The van der Waals surface area contributed by atoms with Gasteiger partial charge in [-0.2, -0.15) is 0 Å². The van der Waals surface area contributed by atoms with Crippen LogP contribution in [0, 0.1) is 5.92 Å². The van der Waals surface area contributed by atoms with Gasteiger partial charge in [-0.3, -0.25) is 4.79 Å². The van der Waals surface area contributed by atoms with E-state index in [1.54, 1.807) is 0 Å². The molecule has 2 atom stereocenters. The van der Waals surface area contributed by atoms with Gasteiger partial charge in [-0.15, -0.1) is 0 Å². The first-order valence-corrected chi connectivity index (χ1v) is 5.82. The molecule has 16 heavy (non-hydrogen) atoms. The van der Waals surface area contributed by atoms with Gasteiger partial charge in [0.1, 0.15) is 6.10 Å². The number of ether oxygens (including phenoxy) is 1. The number of rotatable bonds is 1. The molecule has 0 bridgehead atoms. The van der Waals surface area contributed by atoms with E-state index in [0.29, 0.717) is 38.5 Å². The lowest BCUT2D eigenvalue weighted by atomic mass is 10.0. The number of oxime groups is 1. The van der Waals surface area contributed by atoms with Gasteiger partial charge in [-0.1, -0.05) is 12.1 Å². The van der Waals surface area contributed by atoms with Crippen LogP contribution in [0.4, 0.5) is 0 Å². The van der Waals surface area contributed by atoms with Gasteiger partial charge >= 0.3 is 0 Å². The molecule has 5 heteroatoms. The van der Waals surface area contributed by atoms with Crippen LogP contribution in [0.25, 0.3) is 0 Å². The zero-order chi connectivity index (χ0) is 11.5. The molecule has 2 unspecified atom stereocenters. The molecule has 2 aliphatic rings. The average Bonchev–Trinajstić information content (AvgIpc) is 2.75. The van der Waals surface area contributed by atoms with Crippen molar-refractivity contribution in [2.45, 2.75) is 32.3 Å². The molecule has 2 fully saturated rings. The quantitative estimate of drug-likeness (QED) is 0.533. The summed E-state index contributed by atoms with van der Waals surface area (Å²) < 4.78 is 5.46. The van der Waals surface area contributed by atoms with E-state index in [-0.39, 0.29) is 12.0 Å². The molecule has 0 saturated carbocycles. The van der Waals surface area contributed by atoms with Gasteiger partial charge in [0.15, 0.2) is 0 Å². The SMILES string of the molecule is CC1CCOC1C(=O)N1CCC(=NO)CC1. The maximum atomic E-state index is 12.1. The Morgan fingerprint density at radius 3 is 2.69 bits per heavy atom. The predicted octanol–water partition coefficient (Wildman–Crippen LogP) is 0.864. The first-order valence-electron chi connectivity index (χ1n) is 5.82. The molecule has 0 aromatic carbocycles. The van der Waals surface area contributed by atoms with Crippen LogP contribution in [0.1, 0.15) is 26.2 Å². The van der Waals surface area contributed by atoms with Crippen molar-refractivity contribution in [2.24, 2.45) is 11.1 Å². The third kappa shape index (κ3) is 2.19. The minimum Gasteiger partial charge on any atom is -0.411 e. The molecule has 0 radical (unpaired) electrons. The number of piperidine rings is 1. The molecule has 2 aliphatic heterocycles. The molecule has 0 aliphatic carbocycles. The van der Waals surface area contributed by atoms with Gasteiger partial charge in [0.2, 0.25) is 0 Å². The highest BCUT2D eigenvalue weighted by Crippen LogP contribution is 2.23. The normalized spacial score (nSPS) is 30.6. The van der Waals surface area contributed by atoms with E-state index in [4.69, 9.17) is 9.94 Å². The Morgan fingerprint density at radius 1 is 1.50 bits per heavy atom. The highest BCUT2D eigenvalue weighted by atomic mass is 16.5. The van der Waals surface area contributed by atoms with E-state index in [9.17, 15) is 4.79 Å². The van der Waals surface area contributed by atoms with Gasteiger partial charge in [-0.05, 0) is 12.3 Å². The highest BCUT2D eigenvalue weighted by molar-refractivity contribution is 5.88. The van der Waals surface area contributed by atoms with Crippen molar-refractivity contribution < 1.29 is 14.7 Å². The average molecular weight is 226 g/mol. The van der Waals surface area contributed by atoms with Gasteiger partial charge in [0.25, 0.3) is 5.91 Å². The van der Waals surface area contributed by atoms with Crippen molar-refractivity contribution in [3.8, 4) is 0 Å². The second-order valence-corrected chi connectivity index (χ2v) is 4.55. The monoisotopic (exact) mass is 226 g/mol. The minimum atomic E-state index is -0.257. The molecule has 1 amide bonds. The second-order valence-electron chi connectivity index (χ2n) is 4.55. The standard InChI is InChI=1S/C11H18N2O3/c1-8-4-7-16-10(8)11(14)13-5-2-9(12-15)3-6-13/h8,10,15H,2-7H2,1H3. The van der Waals surface area contributed by atoms with Crippen molar-refractivity contribution >= 4 is 11.6 Å². The number of nitrogens with zero attached hydrogens (tertiary/aromatic N) is 2. The Morgan fingerprint density at radius 2 is 2.19 bits per heavy atom. The van der Waals surface area contributed by atoms with Crippen molar-refractivity contribution in [3.05, 3.63) is 0 Å². The van der Waals surface area contributed by atoms with Gasteiger partial charge in [-0.25, -0.2) is 0 Å². The first-order chi connectivity index (χ1) is 7.72. The third-order valence-corrected chi connectivity index (χ3v) is 3.42. The number of hydrogen-bond acceptors (Lipinski definition) is 4. The van der Waals surface area contributed by atoms with Crippen molar-refractivity contribution in [1.82, 2.24) is 4.90 Å². The Hall–Kier alpha value is -1.10. The summed E-state index contributed by atoms with van der Waals surface area (Å²) >= 11 is 0. The fraction of sp³-hybridized carbons (Fsp3) is 0.818. The Labute approximate surface area is 95.1 Å². The van der Waals surface area contributed by atoms with Crippen LogP contribution in [0.5, 0.6) is 0 Å². The molecule has 2 rings (SSSR count). The van der Waals surface area contributed by atoms with Gasteiger partial charge in [0.05, 0.1) is 5.71 Å².